The first kappa shape index (κ1) is 19.7. The molecule has 0 aromatic heterocycles. The first-order chi connectivity index (χ1) is 10.0. The van der Waals surface area contributed by atoms with Gasteiger partial charge in [0.25, 0.3) is 0 Å². The van der Waals surface area contributed by atoms with Gasteiger partial charge < -0.3 is 29.5 Å². The van der Waals surface area contributed by atoms with Crippen LogP contribution in [0.3, 0.4) is 0 Å². The molecule has 4 amide bonds. The molecule has 0 unspecified atom stereocenters. The van der Waals surface area contributed by atoms with Gasteiger partial charge in [0.2, 0.25) is 0 Å². The third kappa shape index (κ3) is 8.53. The van der Waals surface area contributed by atoms with Gasteiger partial charge >= 0.3 is 20.9 Å². The van der Waals surface area contributed by atoms with Crippen molar-refractivity contribution < 1.29 is 18.4 Å². The second-order valence-corrected chi connectivity index (χ2v) is 7.04. The number of unbranched alkanes of at least 4 members (excludes halogenated alkanes) is 2. The summed E-state index contributed by atoms with van der Waals surface area (Å²) < 4.78 is 10.4. The zero-order chi connectivity index (χ0) is 16.1. The Balaban J connectivity index is 4.39. The van der Waals surface area contributed by atoms with Gasteiger partial charge in [-0.2, -0.15) is 0 Å². The molecular weight excluding hydrogens is 292 g/mol. The largest absolute Gasteiger partial charge is 0.590 e. The number of carbonyl (C=O) groups is 2. The van der Waals surface area contributed by atoms with Crippen LogP contribution >= 0.6 is 0 Å². The third-order valence-corrected chi connectivity index (χ3v) is 5.03. The predicted octanol–water partition coefficient (Wildman–Crippen LogP) is 0.913. The minimum absolute atomic E-state index is 0.423. The van der Waals surface area contributed by atoms with Gasteiger partial charge in [-0.25, -0.2) is 9.59 Å². The predicted molar refractivity (Wildman–Crippen MR) is 82.7 cm³/mol. The lowest BCUT2D eigenvalue weighted by Gasteiger charge is -2.27. The number of urea groups is 2. The van der Waals surface area contributed by atoms with Gasteiger partial charge in [-0.05, 0) is 12.8 Å². The van der Waals surface area contributed by atoms with Crippen molar-refractivity contribution in [3.63, 3.8) is 0 Å². The molecule has 0 aromatic rings. The van der Waals surface area contributed by atoms with Crippen molar-refractivity contribution in [1.29, 1.82) is 0 Å². The van der Waals surface area contributed by atoms with Crippen molar-refractivity contribution in [2.45, 2.75) is 39.5 Å². The molecule has 0 aromatic carbocycles. The van der Waals surface area contributed by atoms with Gasteiger partial charge in [-0.3, -0.25) is 0 Å². The van der Waals surface area contributed by atoms with E-state index in [1.54, 1.807) is 0 Å². The number of nitrogens with one attached hydrogen (secondary N) is 4. The lowest BCUT2D eigenvalue weighted by Crippen LogP contribution is -2.71. The summed E-state index contributed by atoms with van der Waals surface area (Å²) >= 11 is 0. The summed E-state index contributed by atoms with van der Waals surface area (Å²) in [5.41, 5.74) is 0. The van der Waals surface area contributed by atoms with Gasteiger partial charge in [0.1, 0.15) is 0 Å². The number of hydrogen-bond acceptors (Lipinski definition) is 4. The van der Waals surface area contributed by atoms with Crippen molar-refractivity contribution >= 4 is 20.9 Å². The highest BCUT2D eigenvalue weighted by atomic mass is 28.4. The summed E-state index contributed by atoms with van der Waals surface area (Å²) in [6.07, 6.45) is 3.73. The second kappa shape index (κ2) is 11.3. The van der Waals surface area contributed by atoms with Crippen molar-refractivity contribution in [2.75, 3.05) is 27.3 Å². The van der Waals surface area contributed by atoms with Gasteiger partial charge in [0.05, 0.1) is 0 Å². The lowest BCUT2D eigenvalue weighted by molar-refractivity contribution is 0.200. The summed E-state index contributed by atoms with van der Waals surface area (Å²) in [7, 11) is -0.547. The minimum atomic E-state index is -3.31. The van der Waals surface area contributed by atoms with Crippen LogP contribution in [0.2, 0.25) is 0 Å². The van der Waals surface area contributed by atoms with E-state index in [0.29, 0.717) is 13.1 Å². The molecule has 0 atom stereocenters. The van der Waals surface area contributed by atoms with E-state index >= 15 is 0 Å². The van der Waals surface area contributed by atoms with Crippen LogP contribution in [0.5, 0.6) is 0 Å². The Hall–Kier alpha value is -1.32. The Morgan fingerprint density at radius 1 is 0.857 bits per heavy atom. The normalized spacial score (nSPS) is 10.9. The van der Waals surface area contributed by atoms with Crippen LogP contribution in [0, 0.1) is 0 Å². The van der Waals surface area contributed by atoms with E-state index in [1.807, 2.05) is 13.8 Å². The van der Waals surface area contributed by atoms with E-state index in [4.69, 9.17) is 8.85 Å². The van der Waals surface area contributed by atoms with Crippen LogP contribution in [-0.4, -0.2) is 48.3 Å². The van der Waals surface area contributed by atoms with Crippen LogP contribution < -0.4 is 20.6 Å². The molecule has 0 spiro atoms. The molecule has 0 heterocycles. The molecule has 0 aliphatic heterocycles. The van der Waals surface area contributed by atoms with Crippen molar-refractivity contribution in [1.82, 2.24) is 20.6 Å². The Morgan fingerprint density at radius 3 is 1.52 bits per heavy atom. The number of amides is 4. The van der Waals surface area contributed by atoms with E-state index in [2.05, 4.69) is 20.6 Å². The number of carbonyl (C=O) groups excluding carboxylic acids is 2. The molecule has 9 heteroatoms. The first-order valence-corrected chi connectivity index (χ1v) is 9.07. The van der Waals surface area contributed by atoms with Crippen molar-refractivity contribution in [3.8, 4) is 0 Å². The highest BCUT2D eigenvalue weighted by Crippen LogP contribution is 1.96. The fraction of sp³-hybridized carbons (Fsp3) is 0.833. The van der Waals surface area contributed by atoms with E-state index in [-0.39, 0.29) is 0 Å². The quantitative estimate of drug-likeness (QED) is 0.355. The molecule has 0 aliphatic rings. The molecule has 0 saturated carbocycles. The minimum Gasteiger partial charge on any atom is -0.365 e. The summed E-state index contributed by atoms with van der Waals surface area (Å²) in [6, 6.07) is -0.847. The average Bonchev–Trinajstić information content (AvgIpc) is 2.47. The molecule has 0 bridgehead atoms. The highest BCUT2D eigenvalue weighted by molar-refractivity contribution is 6.67. The maximum Gasteiger partial charge on any atom is 0.590 e. The van der Waals surface area contributed by atoms with E-state index in [0.717, 1.165) is 25.7 Å². The van der Waals surface area contributed by atoms with Gasteiger partial charge in [0, 0.05) is 27.3 Å². The van der Waals surface area contributed by atoms with Gasteiger partial charge in [-0.15, -0.1) is 0 Å². The lowest BCUT2D eigenvalue weighted by atomic mass is 10.3. The average molecular weight is 320 g/mol. The standard InChI is InChI=1S/C12H28N4O4Si/c1-5-7-9-13-11(17)15-21(19-3,20-4)16-12(18)14-10-8-6-2/h5-10H2,1-4H3,(H2,13,15,17)(H2,14,16,18). The zero-order valence-electron chi connectivity index (χ0n) is 13.4. The SMILES string of the molecule is CCCCNC(=O)N[Si](NC(=O)NCCCC)(OC)OC. The Labute approximate surface area is 127 Å². The molecule has 0 aliphatic carbocycles. The smallest absolute Gasteiger partial charge is 0.365 e. The maximum atomic E-state index is 11.8. The maximum absolute atomic E-state index is 11.8. The first-order valence-electron chi connectivity index (χ1n) is 7.25. The fourth-order valence-electron chi connectivity index (χ4n) is 1.46. The Kier molecular flexibility index (Phi) is 10.6. The van der Waals surface area contributed by atoms with E-state index < -0.39 is 20.9 Å². The van der Waals surface area contributed by atoms with Crippen LogP contribution in [0.4, 0.5) is 9.59 Å². The molecule has 4 N–H and O–H groups in total. The Morgan fingerprint density at radius 2 is 1.24 bits per heavy atom. The second-order valence-electron chi connectivity index (χ2n) is 4.49. The van der Waals surface area contributed by atoms with Gasteiger partial charge in [-0.1, -0.05) is 26.7 Å². The van der Waals surface area contributed by atoms with Crippen molar-refractivity contribution in [2.24, 2.45) is 0 Å². The van der Waals surface area contributed by atoms with Crippen LogP contribution in [-0.2, 0) is 8.85 Å². The molecule has 0 saturated heterocycles. The molecular formula is C12H28N4O4Si. The third-order valence-electron chi connectivity index (χ3n) is 2.76. The molecule has 0 rings (SSSR count). The van der Waals surface area contributed by atoms with Crippen LogP contribution in [0.15, 0.2) is 0 Å². The molecule has 0 radical (unpaired) electrons. The van der Waals surface area contributed by atoms with E-state index in [1.165, 1.54) is 14.2 Å². The van der Waals surface area contributed by atoms with E-state index in [9.17, 15) is 9.59 Å². The highest BCUT2D eigenvalue weighted by Gasteiger charge is 2.42. The van der Waals surface area contributed by atoms with Gasteiger partial charge in [0.15, 0.2) is 0 Å². The summed E-state index contributed by atoms with van der Waals surface area (Å²) in [4.78, 5) is 28.7. The zero-order valence-corrected chi connectivity index (χ0v) is 14.4. The summed E-state index contributed by atoms with van der Waals surface area (Å²) in [5.74, 6) is 0. The molecule has 8 nitrogen and oxygen atoms in total. The monoisotopic (exact) mass is 320 g/mol. The number of hydrogen-bond donors (Lipinski definition) is 4. The Bertz CT molecular complexity index is 288. The topological polar surface area (TPSA) is 101 Å². The molecule has 21 heavy (non-hydrogen) atoms. The number of rotatable bonds is 10. The van der Waals surface area contributed by atoms with Crippen LogP contribution in [0.25, 0.3) is 0 Å². The summed E-state index contributed by atoms with van der Waals surface area (Å²) in [5, 5.41) is 5.37. The summed E-state index contributed by atoms with van der Waals surface area (Å²) in [6.45, 7) is 5.18. The van der Waals surface area contributed by atoms with Crippen LogP contribution in [0.1, 0.15) is 39.5 Å². The fourth-order valence-corrected chi connectivity index (χ4v) is 2.88. The van der Waals surface area contributed by atoms with Crippen molar-refractivity contribution in [3.05, 3.63) is 0 Å². The molecule has 124 valence electrons. The molecule has 0 fully saturated rings.